The van der Waals surface area contributed by atoms with Gasteiger partial charge in [0, 0.05) is 17.1 Å². The molecule has 1 radical (unpaired) electrons. The molecule has 1 aromatic rings. The first-order valence-corrected chi connectivity index (χ1v) is 11.0. The van der Waals surface area contributed by atoms with Crippen molar-refractivity contribution in [3.05, 3.63) is 82.0 Å². The van der Waals surface area contributed by atoms with Crippen LogP contribution in [0.25, 0.3) is 6.08 Å². The standard InChI is InChI=1S/C24H28BN2S/c1-15(2)22-14-28-24-23(17-8-9-17)19(12-16(3)27(22)24)13-18-6-5-7-21(26)20(18)10-11-25-4/h5-7,10-12,17,22H,1,3,8-9,13-14,26H2,2,4H3/b11-10-. The van der Waals surface area contributed by atoms with Gasteiger partial charge in [-0.3, -0.25) is 0 Å². The molecule has 0 spiro atoms. The van der Waals surface area contributed by atoms with Gasteiger partial charge in [-0.1, -0.05) is 43.8 Å². The van der Waals surface area contributed by atoms with Gasteiger partial charge in [0.15, 0.2) is 0 Å². The van der Waals surface area contributed by atoms with Gasteiger partial charge in [-0.15, -0.1) is 17.7 Å². The average Bonchev–Trinajstić information content (AvgIpc) is 3.38. The van der Waals surface area contributed by atoms with E-state index < -0.39 is 0 Å². The SMILES string of the molecule is C=C(C)C1CSC2=C(C3CC3)C(Cc3cccc(N)c3/C=C\[B]C)=CC(=C)N21. The van der Waals surface area contributed by atoms with Crippen LogP contribution in [0, 0.1) is 5.92 Å². The van der Waals surface area contributed by atoms with Crippen LogP contribution in [0.5, 0.6) is 0 Å². The normalized spacial score (nSPS) is 21.9. The van der Waals surface area contributed by atoms with Gasteiger partial charge in [-0.2, -0.15) is 0 Å². The number of thioether (sulfide) groups is 1. The lowest BCUT2D eigenvalue weighted by Gasteiger charge is -2.34. The number of nitrogens with zero attached hydrogens (tertiary/aromatic N) is 1. The Kier molecular flexibility index (Phi) is 5.33. The number of benzene rings is 1. The van der Waals surface area contributed by atoms with Crippen LogP contribution < -0.4 is 5.73 Å². The second kappa shape index (κ2) is 7.75. The van der Waals surface area contributed by atoms with Crippen molar-refractivity contribution in [3.63, 3.8) is 0 Å². The lowest BCUT2D eigenvalue weighted by Crippen LogP contribution is -2.32. The highest BCUT2D eigenvalue weighted by molar-refractivity contribution is 8.03. The topological polar surface area (TPSA) is 29.3 Å². The third-order valence-corrected chi connectivity index (χ3v) is 6.93. The number of rotatable bonds is 6. The molecule has 1 saturated heterocycles. The van der Waals surface area contributed by atoms with Crippen molar-refractivity contribution in [2.45, 2.75) is 39.1 Å². The Bertz CT molecular complexity index is 921. The van der Waals surface area contributed by atoms with E-state index in [1.807, 2.05) is 31.9 Å². The summed E-state index contributed by atoms with van der Waals surface area (Å²) < 4.78 is 0. The molecule has 1 aliphatic carbocycles. The fraction of sp³-hybridized carbons (Fsp3) is 0.333. The molecule has 0 bridgehead atoms. The second-order valence-corrected chi connectivity index (χ2v) is 9.00. The van der Waals surface area contributed by atoms with E-state index >= 15 is 0 Å². The fourth-order valence-electron chi connectivity index (χ4n) is 4.17. The minimum absolute atomic E-state index is 0.366. The molecule has 1 atom stereocenters. The molecule has 0 aromatic heterocycles. The van der Waals surface area contributed by atoms with Crippen LogP contribution in [0.2, 0.25) is 6.82 Å². The maximum atomic E-state index is 6.30. The Morgan fingerprint density at radius 1 is 1.39 bits per heavy atom. The number of hydrogen-bond acceptors (Lipinski definition) is 3. The van der Waals surface area contributed by atoms with Crippen molar-refractivity contribution in [2.24, 2.45) is 5.92 Å². The second-order valence-electron chi connectivity index (χ2n) is 7.99. The highest BCUT2D eigenvalue weighted by Gasteiger charge is 2.41. The smallest absolute Gasteiger partial charge is 0.137 e. The predicted molar refractivity (Wildman–Crippen MR) is 125 cm³/mol. The van der Waals surface area contributed by atoms with Crippen molar-refractivity contribution in [3.8, 4) is 0 Å². The molecule has 4 heteroatoms. The van der Waals surface area contributed by atoms with Crippen LogP contribution in [0.15, 0.2) is 70.9 Å². The molecular weight excluding hydrogens is 359 g/mol. The summed E-state index contributed by atoms with van der Waals surface area (Å²) in [5.74, 6) is 3.83. The predicted octanol–water partition coefficient (Wildman–Crippen LogP) is 5.60. The quantitative estimate of drug-likeness (QED) is 0.391. The lowest BCUT2D eigenvalue weighted by atomic mass is 9.81. The summed E-state index contributed by atoms with van der Waals surface area (Å²) in [6.07, 6.45) is 7.92. The molecule has 2 N–H and O–H groups in total. The average molecular weight is 387 g/mol. The molecule has 28 heavy (non-hydrogen) atoms. The maximum absolute atomic E-state index is 6.30. The van der Waals surface area contributed by atoms with Gasteiger partial charge in [-0.05, 0) is 66.5 Å². The first-order chi connectivity index (χ1) is 13.5. The highest BCUT2D eigenvalue weighted by atomic mass is 32.2. The van der Waals surface area contributed by atoms with Gasteiger partial charge < -0.3 is 10.6 Å². The Hall–Kier alpha value is -2.07. The largest absolute Gasteiger partial charge is 0.398 e. The fourth-order valence-corrected chi connectivity index (χ4v) is 5.76. The van der Waals surface area contributed by atoms with Gasteiger partial charge in [0.25, 0.3) is 0 Å². The maximum Gasteiger partial charge on any atom is 0.137 e. The van der Waals surface area contributed by atoms with Crippen LogP contribution in [0.1, 0.15) is 30.9 Å². The van der Waals surface area contributed by atoms with E-state index in [-0.39, 0.29) is 0 Å². The molecule has 2 nitrogen and oxygen atoms in total. The van der Waals surface area contributed by atoms with Crippen LogP contribution in [-0.4, -0.2) is 24.0 Å². The van der Waals surface area contributed by atoms with Gasteiger partial charge in [0.05, 0.1) is 11.1 Å². The van der Waals surface area contributed by atoms with E-state index in [4.69, 9.17) is 5.73 Å². The third-order valence-electron chi connectivity index (χ3n) is 5.76. The van der Waals surface area contributed by atoms with E-state index in [0.29, 0.717) is 12.0 Å². The van der Waals surface area contributed by atoms with Crippen LogP contribution in [0.3, 0.4) is 0 Å². The van der Waals surface area contributed by atoms with Crippen LogP contribution >= 0.6 is 11.8 Å². The molecule has 2 aliphatic heterocycles. The number of anilines is 1. The van der Waals surface area contributed by atoms with Crippen LogP contribution in [-0.2, 0) is 6.42 Å². The van der Waals surface area contributed by atoms with E-state index in [0.717, 1.165) is 29.1 Å². The van der Waals surface area contributed by atoms with Crippen LogP contribution in [0.4, 0.5) is 5.69 Å². The van der Waals surface area contributed by atoms with Crippen molar-refractivity contribution < 1.29 is 0 Å². The summed E-state index contributed by atoms with van der Waals surface area (Å²) in [5, 5.41) is 1.42. The van der Waals surface area contributed by atoms with E-state index in [2.05, 4.69) is 55.2 Å². The zero-order chi connectivity index (χ0) is 19.8. The summed E-state index contributed by atoms with van der Waals surface area (Å²) in [7, 11) is 2.04. The zero-order valence-electron chi connectivity index (χ0n) is 16.9. The molecule has 1 unspecified atom stereocenters. The Labute approximate surface area is 174 Å². The summed E-state index contributed by atoms with van der Waals surface area (Å²) in [4.78, 5) is 2.43. The summed E-state index contributed by atoms with van der Waals surface area (Å²) >= 11 is 1.98. The number of nitrogens with two attached hydrogens (primary N) is 1. The van der Waals surface area contributed by atoms with E-state index in [9.17, 15) is 0 Å². The molecule has 3 aliphatic rings. The zero-order valence-corrected chi connectivity index (χ0v) is 17.7. The minimum Gasteiger partial charge on any atom is -0.398 e. The lowest BCUT2D eigenvalue weighted by molar-refractivity contribution is 0.416. The first kappa shape index (κ1) is 19.3. The monoisotopic (exact) mass is 387 g/mol. The van der Waals surface area contributed by atoms with Crippen molar-refractivity contribution in [1.82, 2.24) is 4.90 Å². The van der Waals surface area contributed by atoms with Gasteiger partial charge in [-0.25, -0.2) is 0 Å². The summed E-state index contributed by atoms with van der Waals surface area (Å²) in [6, 6.07) is 6.62. The third kappa shape index (κ3) is 3.50. The Balaban J connectivity index is 1.73. The van der Waals surface area contributed by atoms with Crippen molar-refractivity contribution >= 4 is 30.8 Å². The summed E-state index contributed by atoms with van der Waals surface area (Å²) in [6.45, 7) is 12.8. The molecule has 2 fully saturated rings. The van der Waals surface area contributed by atoms with Crippen molar-refractivity contribution in [1.29, 1.82) is 0 Å². The highest BCUT2D eigenvalue weighted by Crippen LogP contribution is 2.52. The molecule has 0 amide bonds. The first-order valence-electron chi connectivity index (χ1n) is 10.1. The van der Waals surface area contributed by atoms with Gasteiger partial charge >= 0.3 is 0 Å². The van der Waals surface area contributed by atoms with Gasteiger partial charge in [0.2, 0.25) is 0 Å². The number of nitrogen functional groups attached to an aromatic ring is 1. The Morgan fingerprint density at radius 2 is 2.18 bits per heavy atom. The minimum atomic E-state index is 0.366. The molecule has 143 valence electrons. The molecule has 1 saturated carbocycles. The van der Waals surface area contributed by atoms with E-state index in [1.165, 1.54) is 34.6 Å². The summed E-state index contributed by atoms with van der Waals surface area (Å²) in [5.41, 5.74) is 14.8. The number of hydrogen-bond donors (Lipinski definition) is 1. The molecular formula is C24H28BN2S. The molecule has 4 rings (SSSR count). The van der Waals surface area contributed by atoms with Gasteiger partial charge in [0.1, 0.15) is 7.28 Å². The number of fused-ring (bicyclic) bond motifs is 1. The molecule has 1 aromatic carbocycles. The number of allylic oxidation sites excluding steroid dienone is 3. The molecule has 2 heterocycles. The van der Waals surface area contributed by atoms with Crippen molar-refractivity contribution in [2.75, 3.05) is 11.5 Å². The Morgan fingerprint density at radius 3 is 2.86 bits per heavy atom. The van der Waals surface area contributed by atoms with E-state index in [1.54, 1.807) is 5.57 Å².